The molecule has 2 N–H and O–H groups in total. The van der Waals surface area contributed by atoms with Gasteiger partial charge in [0.05, 0.1) is 10.4 Å². The highest BCUT2D eigenvalue weighted by Gasteiger charge is 2.26. The van der Waals surface area contributed by atoms with Gasteiger partial charge in [0.2, 0.25) is 10.0 Å². The molecule has 1 saturated heterocycles. The Kier molecular flexibility index (Phi) is 5.35. The molecule has 2 aliphatic rings. The number of aromatic nitrogens is 1. The summed E-state index contributed by atoms with van der Waals surface area (Å²) >= 11 is 0. The van der Waals surface area contributed by atoms with Crippen LogP contribution in [0.1, 0.15) is 47.2 Å². The first-order valence-electron chi connectivity index (χ1n) is 11.0. The monoisotopic (exact) mass is 451 g/mol. The molecule has 7 nitrogen and oxygen atoms in total. The number of nitrogens with zero attached hydrogens (tertiary/aromatic N) is 1. The number of anilines is 1. The highest BCUT2D eigenvalue weighted by atomic mass is 32.2. The third-order valence-corrected chi connectivity index (χ3v) is 8.32. The van der Waals surface area contributed by atoms with Crippen molar-refractivity contribution in [3.8, 4) is 0 Å². The number of pyridine rings is 1. The lowest BCUT2D eigenvalue weighted by atomic mass is 10.1. The molecule has 0 saturated carbocycles. The summed E-state index contributed by atoms with van der Waals surface area (Å²) in [6.45, 7) is 1.08. The van der Waals surface area contributed by atoms with Crippen molar-refractivity contribution >= 4 is 32.5 Å². The van der Waals surface area contributed by atoms with Gasteiger partial charge in [0.25, 0.3) is 11.5 Å². The molecule has 166 valence electrons. The largest absolute Gasteiger partial charge is 0.322 e. The van der Waals surface area contributed by atoms with Crippen molar-refractivity contribution < 1.29 is 13.2 Å². The Morgan fingerprint density at radius 2 is 1.62 bits per heavy atom. The number of rotatable bonds is 4. The molecule has 1 amide bonds. The first-order valence-corrected chi connectivity index (χ1v) is 12.5. The van der Waals surface area contributed by atoms with Gasteiger partial charge in [-0.3, -0.25) is 9.59 Å². The summed E-state index contributed by atoms with van der Waals surface area (Å²) in [6.07, 6.45) is 5.49. The van der Waals surface area contributed by atoms with Crippen molar-refractivity contribution in [3.05, 3.63) is 69.5 Å². The quantitative estimate of drug-likeness (QED) is 0.635. The van der Waals surface area contributed by atoms with Crippen molar-refractivity contribution in [1.29, 1.82) is 0 Å². The summed E-state index contributed by atoms with van der Waals surface area (Å²) in [5, 5.41) is 3.85. The van der Waals surface area contributed by atoms with Crippen LogP contribution in [0.25, 0.3) is 10.9 Å². The minimum atomic E-state index is -3.53. The standard InChI is InChI=1S/C24H25N3O4S/c28-23(16-7-10-18(11-8-16)32(30,31)27-13-2-1-3-14-27)25-17-9-12-20-19-5-4-6-21(19)24(29)26-22(20)15-17/h7-12,15H,1-6,13-14H2,(H,25,28)(H,26,29). The third kappa shape index (κ3) is 3.73. The number of H-pyrrole nitrogens is 1. The summed E-state index contributed by atoms with van der Waals surface area (Å²) in [5.74, 6) is -0.338. The Hall–Kier alpha value is -2.97. The van der Waals surface area contributed by atoms with Crippen LogP contribution in [-0.2, 0) is 22.9 Å². The maximum absolute atomic E-state index is 12.8. The zero-order chi connectivity index (χ0) is 22.3. The molecule has 2 aromatic carbocycles. The minimum absolute atomic E-state index is 0.0565. The number of benzene rings is 2. The maximum atomic E-state index is 12.8. The van der Waals surface area contributed by atoms with Crippen LogP contribution < -0.4 is 10.9 Å². The van der Waals surface area contributed by atoms with E-state index < -0.39 is 10.0 Å². The Labute approximate surface area is 186 Å². The fourth-order valence-corrected chi connectivity index (χ4v) is 6.23. The number of carbonyl (C=O) groups is 1. The second kappa shape index (κ2) is 8.18. The summed E-state index contributed by atoms with van der Waals surface area (Å²) in [6, 6.07) is 11.6. The molecule has 32 heavy (non-hydrogen) atoms. The molecular formula is C24H25N3O4S. The zero-order valence-corrected chi connectivity index (χ0v) is 18.5. The summed E-state index contributed by atoms with van der Waals surface area (Å²) in [4.78, 5) is 28.2. The first kappa shape index (κ1) is 20.9. The Morgan fingerprint density at radius 3 is 2.38 bits per heavy atom. The van der Waals surface area contributed by atoms with Gasteiger partial charge < -0.3 is 10.3 Å². The second-order valence-corrected chi connectivity index (χ2v) is 10.4. The highest BCUT2D eigenvalue weighted by molar-refractivity contribution is 7.89. The SMILES string of the molecule is O=C(Nc1ccc2c3c(c(=O)[nH]c2c1)CCC3)c1ccc(S(=O)(=O)N2CCCCC2)cc1. The highest BCUT2D eigenvalue weighted by Crippen LogP contribution is 2.28. The van der Waals surface area contributed by atoms with E-state index in [-0.39, 0.29) is 16.4 Å². The molecule has 8 heteroatoms. The average Bonchev–Trinajstić information content (AvgIpc) is 3.31. The van der Waals surface area contributed by atoms with Gasteiger partial charge in [-0.05, 0) is 74.1 Å². The fraction of sp³-hybridized carbons (Fsp3) is 0.333. The Balaban J connectivity index is 1.35. The molecule has 0 radical (unpaired) electrons. The van der Waals surface area contributed by atoms with Gasteiger partial charge in [-0.15, -0.1) is 0 Å². The summed E-state index contributed by atoms with van der Waals surface area (Å²) in [5.41, 5.74) is 3.56. The fourth-order valence-electron chi connectivity index (χ4n) is 4.71. The van der Waals surface area contributed by atoms with Gasteiger partial charge in [0.15, 0.2) is 0 Å². The van der Waals surface area contributed by atoms with E-state index in [1.54, 1.807) is 6.07 Å². The lowest BCUT2D eigenvalue weighted by molar-refractivity contribution is 0.102. The molecule has 5 rings (SSSR count). The molecule has 1 aliphatic heterocycles. The molecule has 3 aromatic rings. The van der Waals surface area contributed by atoms with Gasteiger partial charge in [-0.1, -0.05) is 12.5 Å². The number of sulfonamides is 1. The predicted molar refractivity (Wildman–Crippen MR) is 124 cm³/mol. The Bertz CT molecular complexity index is 1350. The number of amides is 1. The van der Waals surface area contributed by atoms with Crippen LogP contribution in [0.3, 0.4) is 0 Å². The number of aromatic amines is 1. The van der Waals surface area contributed by atoms with Crippen LogP contribution in [0.4, 0.5) is 5.69 Å². The van der Waals surface area contributed by atoms with Crippen molar-refractivity contribution in [3.63, 3.8) is 0 Å². The van der Waals surface area contributed by atoms with E-state index in [4.69, 9.17) is 0 Å². The van der Waals surface area contributed by atoms with Crippen LogP contribution in [0, 0.1) is 0 Å². The third-order valence-electron chi connectivity index (χ3n) is 6.41. The normalized spacial score (nSPS) is 16.8. The van der Waals surface area contributed by atoms with Crippen LogP contribution >= 0.6 is 0 Å². The Morgan fingerprint density at radius 1 is 0.906 bits per heavy atom. The van der Waals surface area contributed by atoms with Crippen molar-refractivity contribution in [2.24, 2.45) is 0 Å². The molecule has 0 atom stereocenters. The smallest absolute Gasteiger partial charge is 0.255 e. The number of piperidine rings is 1. The van der Waals surface area contributed by atoms with E-state index >= 15 is 0 Å². The molecule has 0 spiro atoms. The van der Waals surface area contributed by atoms with Gasteiger partial charge in [0.1, 0.15) is 0 Å². The van der Waals surface area contributed by atoms with Gasteiger partial charge in [0, 0.05) is 35.3 Å². The van der Waals surface area contributed by atoms with E-state index in [1.165, 1.54) is 28.6 Å². The maximum Gasteiger partial charge on any atom is 0.255 e. The molecule has 1 fully saturated rings. The predicted octanol–water partition coefficient (Wildman–Crippen LogP) is 3.44. The number of aryl methyl sites for hydroxylation is 1. The summed E-state index contributed by atoms with van der Waals surface area (Å²) < 4.78 is 27.1. The van der Waals surface area contributed by atoms with Crippen LogP contribution in [0.2, 0.25) is 0 Å². The number of carbonyl (C=O) groups excluding carboxylic acids is 1. The van der Waals surface area contributed by atoms with Crippen molar-refractivity contribution in [2.75, 3.05) is 18.4 Å². The van der Waals surface area contributed by atoms with Crippen LogP contribution in [-0.4, -0.2) is 36.7 Å². The van der Waals surface area contributed by atoms with E-state index in [2.05, 4.69) is 10.3 Å². The lowest BCUT2D eigenvalue weighted by Gasteiger charge is -2.25. The second-order valence-electron chi connectivity index (χ2n) is 8.47. The van der Waals surface area contributed by atoms with Gasteiger partial charge in [-0.25, -0.2) is 8.42 Å². The van der Waals surface area contributed by atoms with Crippen molar-refractivity contribution in [1.82, 2.24) is 9.29 Å². The zero-order valence-electron chi connectivity index (χ0n) is 17.7. The average molecular weight is 452 g/mol. The van der Waals surface area contributed by atoms with E-state index in [0.29, 0.717) is 29.9 Å². The number of nitrogens with one attached hydrogen (secondary N) is 2. The van der Waals surface area contributed by atoms with Gasteiger partial charge in [-0.2, -0.15) is 4.31 Å². The first-order chi connectivity index (χ1) is 15.4. The summed E-state index contributed by atoms with van der Waals surface area (Å²) in [7, 11) is -3.53. The van der Waals surface area contributed by atoms with E-state index in [9.17, 15) is 18.0 Å². The molecule has 0 unspecified atom stereocenters. The number of hydrogen-bond donors (Lipinski definition) is 2. The lowest BCUT2D eigenvalue weighted by Crippen LogP contribution is -2.35. The van der Waals surface area contributed by atoms with Crippen LogP contribution in [0.5, 0.6) is 0 Å². The molecule has 1 aliphatic carbocycles. The minimum Gasteiger partial charge on any atom is -0.322 e. The van der Waals surface area contributed by atoms with Crippen LogP contribution in [0.15, 0.2) is 52.2 Å². The molecule has 0 bridgehead atoms. The molecule has 1 aromatic heterocycles. The number of fused-ring (bicyclic) bond motifs is 3. The molecule has 2 heterocycles. The molecular weight excluding hydrogens is 426 g/mol. The van der Waals surface area contributed by atoms with E-state index in [1.807, 2.05) is 12.1 Å². The van der Waals surface area contributed by atoms with Gasteiger partial charge >= 0.3 is 0 Å². The topological polar surface area (TPSA) is 99.3 Å². The number of hydrogen-bond acceptors (Lipinski definition) is 4. The van der Waals surface area contributed by atoms with Crippen molar-refractivity contribution in [2.45, 2.75) is 43.4 Å². The van der Waals surface area contributed by atoms with E-state index in [0.717, 1.165) is 55.0 Å².